The molecule has 0 fully saturated rings. The van der Waals surface area contributed by atoms with E-state index in [1.807, 2.05) is 35.6 Å². The van der Waals surface area contributed by atoms with Gasteiger partial charge in [-0.1, -0.05) is 12.1 Å². The summed E-state index contributed by atoms with van der Waals surface area (Å²) in [6, 6.07) is 10.6. The average Bonchev–Trinajstić information content (AvgIpc) is 2.87. The van der Waals surface area contributed by atoms with Crippen molar-refractivity contribution in [2.75, 3.05) is 0 Å². The standard InChI is InChI=1S/C15H10N4O2/c1-9-8-11-10(4-2-6-13(11)19(20)21)14-17-12-5-3-7-16-15(12)18(9)14/h2-8H,1H3. The number of imidazole rings is 1. The highest BCUT2D eigenvalue weighted by Gasteiger charge is 2.17. The molecule has 6 nitrogen and oxygen atoms in total. The number of hydrogen-bond donors (Lipinski definition) is 0. The summed E-state index contributed by atoms with van der Waals surface area (Å²) >= 11 is 0. The number of nitro groups is 1. The molecule has 0 aliphatic carbocycles. The minimum Gasteiger partial charge on any atom is -0.281 e. The van der Waals surface area contributed by atoms with Gasteiger partial charge in [-0.2, -0.15) is 0 Å². The predicted octanol–water partition coefficient (Wildman–Crippen LogP) is 3.25. The Labute approximate surface area is 118 Å². The van der Waals surface area contributed by atoms with Crippen molar-refractivity contribution < 1.29 is 4.92 Å². The monoisotopic (exact) mass is 278 g/mol. The number of benzene rings is 1. The largest absolute Gasteiger partial charge is 0.281 e. The van der Waals surface area contributed by atoms with Crippen LogP contribution in [0, 0.1) is 17.0 Å². The third kappa shape index (κ3) is 1.53. The van der Waals surface area contributed by atoms with Gasteiger partial charge in [-0.05, 0) is 25.1 Å². The van der Waals surface area contributed by atoms with Crippen molar-refractivity contribution >= 4 is 33.3 Å². The van der Waals surface area contributed by atoms with E-state index < -0.39 is 0 Å². The predicted molar refractivity (Wildman–Crippen MR) is 79.4 cm³/mol. The van der Waals surface area contributed by atoms with Gasteiger partial charge in [0.25, 0.3) is 5.69 Å². The second-order valence-electron chi connectivity index (χ2n) is 4.90. The average molecular weight is 278 g/mol. The van der Waals surface area contributed by atoms with Gasteiger partial charge in [0.2, 0.25) is 0 Å². The second kappa shape index (κ2) is 3.99. The molecule has 0 aliphatic heterocycles. The van der Waals surface area contributed by atoms with E-state index in [-0.39, 0.29) is 10.6 Å². The molecule has 0 N–H and O–H groups in total. The molecule has 0 spiro atoms. The maximum absolute atomic E-state index is 11.2. The molecule has 0 amide bonds. The van der Waals surface area contributed by atoms with Crippen molar-refractivity contribution in [3.05, 3.63) is 58.4 Å². The summed E-state index contributed by atoms with van der Waals surface area (Å²) in [5.74, 6) is 0. The molecular weight excluding hydrogens is 268 g/mol. The Bertz CT molecular complexity index is 1040. The Balaban J connectivity index is 2.30. The van der Waals surface area contributed by atoms with Crippen molar-refractivity contribution in [1.29, 1.82) is 0 Å². The van der Waals surface area contributed by atoms with E-state index in [1.165, 1.54) is 6.07 Å². The third-order valence-corrected chi connectivity index (χ3v) is 3.64. The lowest BCUT2D eigenvalue weighted by atomic mass is 10.1. The zero-order chi connectivity index (χ0) is 14.6. The highest BCUT2D eigenvalue weighted by molar-refractivity contribution is 6.02. The summed E-state index contributed by atoms with van der Waals surface area (Å²) in [7, 11) is 0. The number of nitrogens with zero attached hydrogens (tertiary/aromatic N) is 4. The lowest BCUT2D eigenvalue weighted by Gasteiger charge is -2.05. The number of pyridine rings is 2. The van der Waals surface area contributed by atoms with Gasteiger partial charge in [-0.25, -0.2) is 9.97 Å². The molecule has 0 saturated heterocycles. The Hall–Kier alpha value is -3.02. The topological polar surface area (TPSA) is 73.3 Å². The first-order valence-electron chi connectivity index (χ1n) is 6.47. The number of nitro benzene ring substituents is 1. The van der Waals surface area contributed by atoms with Crippen LogP contribution in [0.2, 0.25) is 0 Å². The summed E-state index contributed by atoms with van der Waals surface area (Å²) in [5, 5.41) is 12.6. The summed E-state index contributed by atoms with van der Waals surface area (Å²) in [4.78, 5) is 19.8. The van der Waals surface area contributed by atoms with Gasteiger partial charge in [0.05, 0.1) is 10.3 Å². The lowest BCUT2D eigenvalue weighted by Crippen LogP contribution is -1.96. The van der Waals surface area contributed by atoms with Crippen LogP contribution in [0.15, 0.2) is 42.6 Å². The summed E-state index contributed by atoms with van der Waals surface area (Å²) in [6.45, 7) is 1.90. The number of aryl methyl sites for hydroxylation is 1. The highest BCUT2D eigenvalue weighted by Crippen LogP contribution is 2.31. The molecule has 6 heteroatoms. The molecule has 0 aliphatic rings. The van der Waals surface area contributed by atoms with Crippen molar-refractivity contribution in [2.45, 2.75) is 6.92 Å². The van der Waals surface area contributed by atoms with Crippen LogP contribution < -0.4 is 0 Å². The number of hydrogen-bond acceptors (Lipinski definition) is 4. The van der Waals surface area contributed by atoms with Crippen molar-refractivity contribution in [2.24, 2.45) is 0 Å². The summed E-state index contributed by atoms with van der Waals surface area (Å²) in [5.41, 5.74) is 3.20. The van der Waals surface area contributed by atoms with E-state index in [0.717, 1.165) is 22.2 Å². The molecule has 0 atom stereocenters. The lowest BCUT2D eigenvalue weighted by molar-refractivity contribution is -0.383. The minimum absolute atomic E-state index is 0.0955. The summed E-state index contributed by atoms with van der Waals surface area (Å²) in [6.07, 6.45) is 1.72. The molecule has 0 unspecified atom stereocenters. The van der Waals surface area contributed by atoms with E-state index in [2.05, 4.69) is 9.97 Å². The van der Waals surface area contributed by atoms with Crippen molar-refractivity contribution in [1.82, 2.24) is 14.4 Å². The Morgan fingerprint density at radius 2 is 2.00 bits per heavy atom. The van der Waals surface area contributed by atoms with Crippen LogP contribution >= 0.6 is 0 Å². The van der Waals surface area contributed by atoms with Crippen LogP contribution in [0.4, 0.5) is 5.69 Å². The maximum Gasteiger partial charge on any atom is 0.277 e. The van der Waals surface area contributed by atoms with E-state index in [9.17, 15) is 10.1 Å². The normalized spacial score (nSPS) is 11.5. The molecule has 21 heavy (non-hydrogen) atoms. The Morgan fingerprint density at radius 1 is 1.14 bits per heavy atom. The molecule has 4 aromatic rings. The Kier molecular flexibility index (Phi) is 2.24. The smallest absolute Gasteiger partial charge is 0.277 e. The van der Waals surface area contributed by atoms with E-state index in [4.69, 9.17) is 0 Å². The van der Waals surface area contributed by atoms with Gasteiger partial charge < -0.3 is 0 Å². The number of non-ortho nitro benzene ring substituents is 1. The third-order valence-electron chi connectivity index (χ3n) is 3.64. The van der Waals surface area contributed by atoms with Crippen LogP contribution in [-0.2, 0) is 0 Å². The van der Waals surface area contributed by atoms with Crippen molar-refractivity contribution in [3.63, 3.8) is 0 Å². The molecule has 0 bridgehead atoms. The zero-order valence-corrected chi connectivity index (χ0v) is 11.1. The van der Waals surface area contributed by atoms with Gasteiger partial charge in [-0.3, -0.25) is 14.5 Å². The number of aromatic nitrogens is 3. The van der Waals surface area contributed by atoms with Gasteiger partial charge in [0.15, 0.2) is 5.65 Å². The van der Waals surface area contributed by atoms with Crippen LogP contribution in [0.25, 0.3) is 27.6 Å². The van der Waals surface area contributed by atoms with Gasteiger partial charge in [0, 0.05) is 23.3 Å². The van der Waals surface area contributed by atoms with E-state index in [0.29, 0.717) is 11.0 Å². The van der Waals surface area contributed by atoms with Gasteiger partial charge in [0.1, 0.15) is 11.2 Å². The van der Waals surface area contributed by atoms with Crippen LogP contribution in [0.1, 0.15) is 5.69 Å². The molecule has 4 rings (SSSR count). The van der Waals surface area contributed by atoms with Crippen LogP contribution in [0.5, 0.6) is 0 Å². The first-order chi connectivity index (χ1) is 10.2. The Morgan fingerprint density at radius 3 is 2.81 bits per heavy atom. The zero-order valence-electron chi connectivity index (χ0n) is 11.1. The summed E-state index contributed by atoms with van der Waals surface area (Å²) < 4.78 is 1.93. The van der Waals surface area contributed by atoms with E-state index >= 15 is 0 Å². The fraction of sp³-hybridized carbons (Fsp3) is 0.0667. The molecule has 0 saturated carbocycles. The maximum atomic E-state index is 11.2. The van der Waals surface area contributed by atoms with Crippen LogP contribution in [0.3, 0.4) is 0 Å². The molecule has 3 aromatic heterocycles. The second-order valence-corrected chi connectivity index (χ2v) is 4.90. The first kappa shape index (κ1) is 11.8. The highest BCUT2D eigenvalue weighted by atomic mass is 16.6. The minimum atomic E-state index is -0.362. The fourth-order valence-electron chi connectivity index (χ4n) is 2.76. The quantitative estimate of drug-likeness (QED) is 0.395. The SMILES string of the molecule is Cc1cc2c([N+](=O)[O-])cccc2c2nc3cccnc3n12. The molecule has 1 aromatic carbocycles. The number of fused-ring (bicyclic) bond motifs is 5. The van der Waals surface area contributed by atoms with Gasteiger partial charge >= 0.3 is 0 Å². The van der Waals surface area contributed by atoms with Crippen molar-refractivity contribution in [3.8, 4) is 0 Å². The molecule has 102 valence electrons. The molecule has 3 heterocycles. The van der Waals surface area contributed by atoms with Gasteiger partial charge in [-0.15, -0.1) is 0 Å². The van der Waals surface area contributed by atoms with Crippen LogP contribution in [-0.4, -0.2) is 19.3 Å². The number of rotatable bonds is 1. The van der Waals surface area contributed by atoms with E-state index in [1.54, 1.807) is 12.3 Å². The molecular formula is C15H10N4O2. The molecule has 0 radical (unpaired) electrons. The fourth-order valence-corrected chi connectivity index (χ4v) is 2.76. The first-order valence-corrected chi connectivity index (χ1v) is 6.47.